The standard InChI is InChI=1S/C23H30N6O/c1-3-7-22(23-24-25-26-29(23)18-19-8-5-4-6-9-19)28-16-14-27(15-17-28)20-10-12-21(30-2)13-11-20/h4-6,8-13,22H,3,7,14-18H2,1-2H3/t22-/m1/s1. The molecule has 0 N–H and O–H groups in total. The van der Waals surface area contributed by atoms with Crippen molar-refractivity contribution in [2.24, 2.45) is 0 Å². The molecule has 0 unspecified atom stereocenters. The zero-order valence-electron chi connectivity index (χ0n) is 17.8. The Morgan fingerprint density at radius 1 is 0.967 bits per heavy atom. The summed E-state index contributed by atoms with van der Waals surface area (Å²) < 4.78 is 7.24. The monoisotopic (exact) mass is 406 g/mol. The molecule has 1 saturated heterocycles. The van der Waals surface area contributed by atoms with Crippen molar-refractivity contribution in [1.82, 2.24) is 25.1 Å². The van der Waals surface area contributed by atoms with E-state index < -0.39 is 0 Å². The summed E-state index contributed by atoms with van der Waals surface area (Å²) in [6, 6.07) is 19.0. The molecule has 3 aromatic rings. The summed E-state index contributed by atoms with van der Waals surface area (Å²) in [5.74, 6) is 1.87. The van der Waals surface area contributed by atoms with E-state index in [2.05, 4.69) is 68.6 Å². The van der Waals surface area contributed by atoms with Gasteiger partial charge in [-0.3, -0.25) is 4.90 Å². The van der Waals surface area contributed by atoms with Gasteiger partial charge in [0.1, 0.15) is 5.75 Å². The van der Waals surface area contributed by atoms with Crippen molar-refractivity contribution in [2.45, 2.75) is 32.4 Å². The van der Waals surface area contributed by atoms with Crippen molar-refractivity contribution < 1.29 is 4.74 Å². The fraction of sp³-hybridized carbons (Fsp3) is 0.435. The van der Waals surface area contributed by atoms with Crippen molar-refractivity contribution in [1.29, 1.82) is 0 Å². The molecule has 30 heavy (non-hydrogen) atoms. The predicted octanol–water partition coefficient (Wildman–Crippen LogP) is 3.39. The second kappa shape index (κ2) is 9.71. The molecule has 0 amide bonds. The molecule has 1 aromatic heterocycles. The van der Waals surface area contributed by atoms with Gasteiger partial charge in [0.15, 0.2) is 5.82 Å². The fourth-order valence-corrected chi connectivity index (χ4v) is 4.15. The second-order valence-corrected chi connectivity index (χ2v) is 7.71. The number of tetrazole rings is 1. The molecule has 158 valence electrons. The van der Waals surface area contributed by atoms with Gasteiger partial charge in [0.2, 0.25) is 0 Å². The van der Waals surface area contributed by atoms with Crippen molar-refractivity contribution in [3.8, 4) is 5.75 Å². The third-order valence-corrected chi connectivity index (χ3v) is 5.79. The van der Waals surface area contributed by atoms with Crippen LogP contribution in [0.15, 0.2) is 54.6 Å². The number of aromatic nitrogens is 4. The number of nitrogens with zero attached hydrogens (tertiary/aromatic N) is 6. The molecule has 1 aliphatic rings. The van der Waals surface area contributed by atoms with Gasteiger partial charge in [-0.05, 0) is 46.7 Å². The van der Waals surface area contributed by atoms with E-state index in [-0.39, 0.29) is 6.04 Å². The zero-order chi connectivity index (χ0) is 20.8. The van der Waals surface area contributed by atoms with Gasteiger partial charge >= 0.3 is 0 Å². The molecular weight excluding hydrogens is 376 g/mol. The second-order valence-electron chi connectivity index (χ2n) is 7.71. The minimum absolute atomic E-state index is 0.242. The van der Waals surface area contributed by atoms with Crippen molar-refractivity contribution in [3.63, 3.8) is 0 Å². The van der Waals surface area contributed by atoms with Crippen LogP contribution in [-0.4, -0.2) is 58.4 Å². The van der Waals surface area contributed by atoms with Crippen LogP contribution in [0.2, 0.25) is 0 Å². The van der Waals surface area contributed by atoms with Crippen LogP contribution in [0.1, 0.15) is 37.2 Å². The van der Waals surface area contributed by atoms with Gasteiger partial charge in [0.25, 0.3) is 0 Å². The molecule has 7 heteroatoms. The summed E-state index contributed by atoms with van der Waals surface area (Å²) in [6.07, 6.45) is 2.15. The maximum absolute atomic E-state index is 5.28. The lowest BCUT2D eigenvalue weighted by Gasteiger charge is -2.39. The van der Waals surface area contributed by atoms with E-state index in [1.165, 1.54) is 11.3 Å². The van der Waals surface area contributed by atoms with Crippen LogP contribution in [0.25, 0.3) is 0 Å². The summed E-state index contributed by atoms with van der Waals surface area (Å²) in [4.78, 5) is 4.97. The largest absolute Gasteiger partial charge is 0.497 e. The highest BCUT2D eigenvalue weighted by Crippen LogP contribution is 2.27. The van der Waals surface area contributed by atoms with Crippen LogP contribution in [-0.2, 0) is 6.54 Å². The van der Waals surface area contributed by atoms with E-state index in [1.807, 2.05) is 22.9 Å². The molecule has 0 spiro atoms. The van der Waals surface area contributed by atoms with Crippen LogP contribution < -0.4 is 9.64 Å². The number of hydrogen-bond acceptors (Lipinski definition) is 6. The molecule has 0 bridgehead atoms. The van der Waals surface area contributed by atoms with E-state index in [0.717, 1.165) is 50.6 Å². The predicted molar refractivity (Wildman–Crippen MR) is 118 cm³/mol. The highest BCUT2D eigenvalue weighted by atomic mass is 16.5. The molecule has 1 aliphatic heterocycles. The Labute approximate surface area is 178 Å². The zero-order valence-corrected chi connectivity index (χ0v) is 17.8. The smallest absolute Gasteiger partial charge is 0.168 e. The van der Waals surface area contributed by atoms with E-state index >= 15 is 0 Å². The van der Waals surface area contributed by atoms with Gasteiger partial charge in [-0.1, -0.05) is 43.7 Å². The molecule has 1 atom stereocenters. The van der Waals surface area contributed by atoms with Crippen molar-refractivity contribution in [3.05, 3.63) is 66.0 Å². The number of ether oxygens (including phenoxy) is 1. The van der Waals surface area contributed by atoms with Gasteiger partial charge in [0.05, 0.1) is 19.7 Å². The third kappa shape index (κ3) is 4.62. The number of piperazine rings is 1. The Bertz CT molecular complexity index is 903. The summed E-state index contributed by atoms with van der Waals surface area (Å²) in [5, 5.41) is 12.7. The van der Waals surface area contributed by atoms with Gasteiger partial charge in [0, 0.05) is 31.9 Å². The molecule has 2 aromatic carbocycles. The molecule has 7 nitrogen and oxygen atoms in total. The van der Waals surface area contributed by atoms with Crippen LogP contribution >= 0.6 is 0 Å². The SMILES string of the molecule is CCC[C@H](c1nnnn1Cc1ccccc1)N1CCN(c2ccc(OC)cc2)CC1. The van der Waals surface area contributed by atoms with Gasteiger partial charge in [-0.2, -0.15) is 0 Å². The summed E-state index contributed by atoms with van der Waals surface area (Å²) in [6.45, 7) is 6.91. The molecular formula is C23H30N6O. The third-order valence-electron chi connectivity index (χ3n) is 5.79. The topological polar surface area (TPSA) is 59.3 Å². The average Bonchev–Trinajstić information content (AvgIpc) is 3.26. The lowest BCUT2D eigenvalue weighted by Crippen LogP contribution is -2.48. The number of hydrogen-bond donors (Lipinski definition) is 0. The Balaban J connectivity index is 1.45. The Kier molecular flexibility index (Phi) is 6.59. The summed E-state index contributed by atoms with van der Waals surface area (Å²) in [5.41, 5.74) is 2.46. The van der Waals surface area contributed by atoms with Crippen LogP contribution in [0.4, 0.5) is 5.69 Å². The highest BCUT2D eigenvalue weighted by Gasteiger charge is 2.28. The van der Waals surface area contributed by atoms with Crippen LogP contribution in [0.3, 0.4) is 0 Å². The van der Waals surface area contributed by atoms with Crippen LogP contribution in [0, 0.1) is 0 Å². The lowest BCUT2D eigenvalue weighted by atomic mass is 10.1. The number of rotatable bonds is 8. The first-order valence-corrected chi connectivity index (χ1v) is 10.7. The van der Waals surface area contributed by atoms with Gasteiger partial charge in [-0.25, -0.2) is 4.68 Å². The Morgan fingerprint density at radius 2 is 1.70 bits per heavy atom. The van der Waals surface area contributed by atoms with E-state index in [4.69, 9.17) is 4.74 Å². The number of benzene rings is 2. The average molecular weight is 407 g/mol. The van der Waals surface area contributed by atoms with E-state index in [1.54, 1.807) is 7.11 Å². The Morgan fingerprint density at radius 3 is 2.37 bits per heavy atom. The molecule has 4 rings (SSSR count). The molecule has 2 heterocycles. The van der Waals surface area contributed by atoms with E-state index in [0.29, 0.717) is 6.54 Å². The van der Waals surface area contributed by atoms with Gasteiger partial charge < -0.3 is 9.64 Å². The van der Waals surface area contributed by atoms with Gasteiger partial charge in [-0.15, -0.1) is 5.10 Å². The van der Waals surface area contributed by atoms with Crippen LogP contribution in [0.5, 0.6) is 5.75 Å². The minimum atomic E-state index is 0.242. The quantitative estimate of drug-likeness (QED) is 0.572. The fourth-order valence-electron chi connectivity index (χ4n) is 4.15. The maximum Gasteiger partial charge on any atom is 0.168 e. The number of methoxy groups -OCH3 is 1. The first-order chi connectivity index (χ1) is 14.8. The molecule has 0 aliphatic carbocycles. The Hall–Kier alpha value is -2.93. The van der Waals surface area contributed by atoms with Crippen molar-refractivity contribution >= 4 is 5.69 Å². The molecule has 0 saturated carbocycles. The maximum atomic E-state index is 5.28. The summed E-state index contributed by atoms with van der Waals surface area (Å²) >= 11 is 0. The van der Waals surface area contributed by atoms with E-state index in [9.17, 15) is 0 Å². The minimum Gasteiger partial charge on any atom is -0.497 e. The lowest BCUT2D eigenvalue weighted by molar-refractivity contribution is 0.164. The highest BCUT2D eigenvalue weighted by molar-refractivity contribution is 5.49. The number of anilines is 1. The normalized spacial score (nSPS) is 15.9. The molecule has 0 radical (unpaired) electrons. The first-order valence-electron chi connectivity index (χ1n) is 10.7. The summed E-state index contributed by atoms with van der Waals surface area (Å²) in [7, 11) is 1.70. The first kappa shape index (κ1) is 20.3. The molecule has 1 fully saturated rings. The van der Waals surface area contributed by atoms with Crippen molar-refractivity contribution in [2.75, 3.05) is 38.2 Å².